The summed E-state index contributed by atoms with van der Waals surface area (Å²) in [5, 5.41) is 21.7. The normalized spacial score (nSPS) is 16.1. The van der Waals surface area contributed by atoms with Crippen molar-refractivity contribution in [2.24, 2.45) is 0 Å². The molecule has 0 saturated carbocycles. The van der Waals surface area contributed by atoms with Gasteiger partial charge in [-0.2, -0.15) is 0 Å². The van der Waals surface area contributed by atoms with Crippen LogP contribution in [-0.4, -0.2) is 22.2 Å². The highest BCUT2D eigenvalue weighted by Crippen LogP contribution is 2.37. The van der Waals surface area contributed by atoms with E-state index in [9.17, 15) is 19.8 Å². The number of carbonyl (C=O) groups is 2. The van der Waals surface area contributed by atoms with Gasteiger partial charge in [-0.05, 0) is 19.4 Å². The Morgan fingerprint density at radius 2 is 1.40 bits per heavy atom. The van der Waals surface area contributed by atoms with Gasteiger partial charge in [-0.15, -0.1) is 0 Å². The van der Waals surface area contributed by atoms with Gasteiger partial charge in [0.15, 0.2) is 0 Å². The van der Waals surface area contributed by atoms with Crippen molar-refractivity contribution < 1.29 is 19.8 Å². The van der Waals surface area contributed by atoms with Crippen molar-refractivity contribution in [1.29, 1.82) is 0 Å². The van der Waals surface area contributed by atoms with Gasteiger partial charge in [-0.25, -0.2) is 9.59 Å². The van der Waals surface area contributed by atoms with Gasteiger partial charge in [0.05, 0.1) is 17.1 Å². The van der Waals surface area contributed by atoms with Crippen molar-refractivity contribution in [2.75, 3.05) is 0 Å². The third kappa shape index (κ3) is 2.30. The molecule has 0 unspecified atom stereocenters. The van der Waals surface area contributed by atoms with Crippen LogP contribution in [0.4, 0.5) is 0 Å². The Kier molecular flexibility index (Phi) is 3.61. The molecule has 1 aromatic rings. The molecule has 20 heavy (non-hydrogen) atoms. The summed E-state index contributed by atoms with van der Waals surface area (Å²) >= 11 is 0. The van der Waals surface area contributed by atoms with E-state index in [1.165, 1.54) is 0 Å². The van der Waals surface area contributed by atoms with Crippen LogP contribution < -0.4 is 5.32 Å². The lowest BCUT2D eigenvalue weighted by molar-refractivity contribution is -0.133. The molecule has 1 aromatic carbocycles. The van der Waals surface area contributed by atoms with Crippen molar-refractivity contribution in [2.45, 2.75) is 19.8 Å². The standard InChI is InChI=1S/C15H15NO4/c1-8-11(14(17)18)13(10-6-4-3-5-7-10)12(15(19)20)9(2)16-8/h3-7,13,16H,1-2H3,(H,17,18)(H,19,20). The second-order valence-electron chi connectivity index (χ2n) is 4.66. The Morgan fingerprint density at radius 3 is 1.80 bits per heavy atom. The molecule has 0 atom stereocenters. The number of carboxylic acids is 2. The molecule has 5 heteroatoms. The fraction of sp³-hybridized carbons (Fsp3) is 0.200. The second kappa shape index (κ2) is 5.21. The van der Waals surface area contributed by atoms with E-state index in [1.807, 2.05) is 0 Å². The summed E-state index contributed by atoms with van der Waals surface area (Å²) in [5.41, 5.74) is 1.73. The summed E-state index contributed by atoms with van der Waals surface area (Å²) < 4.78 is 0. The Morgan fingerprint density at radius 1 is 0.950 bits per heavy atom. The van der Waals surface area contributed by atoms with Gasteiger partial charge >= 0.3 is 11.9 Å². The smallest absolute Gasteiger partial charge is 0.334 e. The summed E-state index contributed by atoms with van der Waals surface area (Å²) in [5.74, 6) is -3.00. The maximum absolute atomic E-state index is 11.5. The van der Waals surface area contributed by atoms with E-state index in [2.05, 4.69) is 5.32 Å². The molecule has 3 N–H and O–H groups in total. The van der Waals surface area contributed by atoms with E-state index in [0.29, 0.717) is 17.0 Å². The minimum Gasteiger partial charge on any atom is -0.478 e. The number of nitrogens with one attached hydrogen (secondary N) is 1. The van der Waals surface area contributed by atoms with Crippen LogP contribution in [0.3, 0.4) is 0 Å². The van der Waals surface area contributed by atoms with Gasteiger partial charge in [-0.3, -0.25) is 0 Å². The van der Waals surface area contributed by atoms with Gasteiger partial charge in [0.25, 0.3) is 0 Å². The Hall–Kier alpha value is -2.56. The van der Waals surface area contributed by atoms with Gasteiger partial charge in [0.2, 0.25) is 0 Å². The average molecular weight is 273 g/mol. The fourth-order valence-electron chi connectivity index (χ4n) is 2.54. The molecule has 0 saturated heterocycles. The summed E-state index contributed by atoms with van der Waals surface area (Å²) in [6, 6.07) is 8.81. The summed E-state index contributed by atoms with van der Waals surface area (Å²) in [6.45, 7) is 3.28. The largest absolute Gasteiger partial charge is 0.478 e. The van der Waals surface area contributed by atoms with Crippen LogP contribution in [0.2, 0.25) is 0 Å². The molecule has 0 spiro atoms. The van der Waals surface area contributed by atoms with Crippen LogP contribution >= 0.6 is 0 Å². The van der Waals surface area contributed by atoms with E-state index in [1.54, 1.807) is 44.2 Å². The molecule has 104 valence electrons. The van der Waals surface area contributed by atoms with Gasteiger partial charge in [0, 0.05) is 11.4 Å². The van der Waals surface area contributed by atoms with Crippen molar-refractivity contribution in [3.8, 4) is 0 Å². The van der Waals surface area contributed by atoms with Gasteiger partial charge < -0.3 is 15.5 Å². The number of hydrogen-bond acceptors (Lipinski definition) is 3. The minimum absolute atomic E-state index is 0.0687. The van der Waals surface area contributed by atoms with Crippen LogP contribution in [0, 0.1) is 0 Å². The molecular weight excluding hydrogens is 258 g/mol. The summed E-state index contributed by atoms with van der Waals surface area (Å²) in [6.07, 6.45) is 0. The van der Waals surface area contributed by atoms with E-state index in [-0.39, 0.29) is 11.1 Å². The Labute approximate surface area is 116 Å². The zero-order valence-corrected chi connectivity index (χ0v) is 11.2. The Bertz CT molecular complexity index is 593. The van der Waals surface area contributed by atoms with E-state index in [4.69, 9.17) is 0 Å². The van der Waals surface area contributed by atoms with Crippen molar-refractivity contribution >= 4 is 11.9 Å². The molecule has 5 nitrogen and oxygen atoms in total. The zero-order chi connectivity index (χ0) is 14.9. The van der Waals surface area contributed by atoms with Crippen LogP contribution in [0.25, 0.3) is 0 Å². The first-order chi connectivity index (χ1) is 9.43. The fourth-order valence-corrected chi connectivity index (χ4v) is 2.54. The topological polar surface area (TPSA) is 86.6 Å². The summed E-state index contributed by atoms with van der Waals surface area (Å²) in [4.78, 5) is 23.0. The molecule has 0 fully saturated rings. The van der Waals surface area contributed by atoms with Crippen LogP contribution in [-0.2, 0) is 9.59 Å². The first-order valence-electron chi connectivity index (χ1n) is 6.13. The number of benzene rings is 1. The maximum atomic E-state index is 11.5. The molecule has 0 radical (unpaired) electrons. The van der Waals surface area contributed by atoms with Crippen molar-refractivity contribution in [3.05, 3.63) is 58.4 Å². The van der Waals surface area contributed by atoms with E-state index in [0.717, 1.165) is 0 Å². The van der Waals surface area contributed by atoms with Gasteiger partial charge in [-0.1, -0.05) is 30.3 Å². The highest BCUT2D eigenvalue weighted by atomic mass is 16.4. The van der Waals surface area contributed by atoms with Crippen LogP contribution in [0.15, 0.2) is 52.9 Å². The lowest BCUT2D eigenvalue weighted by atomic mass is 9.80. The number of dihydropyridines is 1. The van der Waals surface area contributed by atoms with Crippen LogP contribution in [0.1, 0.15) is 25.3 Å². The molecule has 1 aliphatic heterocycles. The predicted octanol–water partition coefficient (Wildman–Crippen LogP) is 2.09. The van der Waals surface area contributed by atoms with Crippen LogP contribution in [0.5, 0.6) is 0 Å². The number of aliphatic carboxylic acids is 2. The molecule has 0 bridgehead atoms. The molecule has 0 aliphatic carbocycles. The van der Waals surface area contributed by atoms with E-state index < -0.39 is 17.9 Å². The average Bonchev–Trinajstić information content (AvgIpc) is 2.37. The lowest BCUT2D eigenvalue weighted by Crippen LogP contribution is -2.30. The molecule has 2 rings (SSSR count). The lowest BCUT2D eigenvalue weighted by Gasteiger charge is -2.28. The number of rotatable bonds is 3. The molecular formula is C15H15NO4. The maximum Gasteiger partial charge on any atom is 0.334 e. The van der Waals surface area contributed by atoms with Gasteiger partial charge in [0.1, 0.15) is 0 Å². The zero-order valence-electron chi connectivity index (χ0n) is 11.2. The third-order valence-electron chi connectivity index (χ3n) is 3.35. The number of hydrogen-bond donors (Lipinski definition) is 3. The molecule has 1 heterocycles. The first kappa shape index (κ1) is 13.9. The molecule has 0 amide bonds. The second-order valence-corrected chi connectivity index (χ2v) is 4.66. The van der Waals surface area contributed by atoms with Crippen molar-refractivity contribution in [3.63, 3.8) is 0 Å². The summed E-state index contributed by atoms with van der Waals surface area (Å²) in [7, 11) is 0. The first-order valence-corrected chi connectivity index (χ1v) is 6.13. The predicted molar refractivity (Wildman–Crippen MR) is 73.0 cm³/mol. The number of carboxylic acid groups (broad SMARTS) is 2. The molecule has 1 aliphatic rings. The van der Waals surface area contributed by atoms with E-state index >= 15 is 0 Å². The number of allylic oxidation sites excluding steroid dienone is 2. The highest BCUT2D eigenvalue weighted by molar-refractivity contribution is 5.98. The van der Waals surface area contributed by atoms with Crippen molar-refractivity contribution in [1.82, 2.24) is 5.32 Å². The molecule has 0 aromatic heterocycles. The quantitative estimate of drug-likeness (QED) is 0.785. The minimum atomic E-state index is -1.12. The highest BCUT2D eigenvalue weighted by Gasteiger charge is 2.36. The SMILES string of the molecule is CC1=C(C(=O)O)C(c2ccccc2)C(C(=O)O)=C(C)N1. The Balaban J connectivity index is 2.67. The monoisotopic (exact) mass is 273 g/mol. The third-order valence-corrected chi connectivity index (χ3v) is 3.35.